The zero-order chi connectivity index (χ0) is 18.2. The van der Waals surface area contributed by atoms with E-state index in [4.69, 9.17) is 17.4 Å². The normalized spacial score (nSPS) is 10.2. The number of carbonyl (C=O) groups is 2. The largest absolute Gasteiger partial charge is 0.340 e. The Kier molecular flexibility index (Phi) is 6.42. The van der Waals surface area contributed by atoms with Crippen molar-refractivity contribution in [1.82, 2.24) is 35.9 Å². The highest BCUT2D eigenvalue weighted by Crippen LogP contribution is 2.13. The number of hydrogen-bond donors (Lipinski definition) is 5. The van der Waals surface area contributed by atoms with Crippen LogP contribution >= 0.6 is 12.2 Å². The quantitative estimate of drug-likeness (QED) is 0.222. The van der Waals surface area contributed by atoms with Gasteiger partial charge in [-0.1, -0.05) is 16.4 Å². The lowest BCUT2D eigenvalue weighted by Gasteiger charge is -2.11. The van der Waals surface area contributed by atoms with Gasteiger partial charge < -0.3 is 16.0 Å². The second kappa shape index (κ2) is 8.75. The summed E-state index contributed by atoms with van der Waals surface area (Å²) in [5, 5.41) is 27.1. The first kappa shape index (κ1) is 18.4. The number of aromatic nitrogens is 4. The van der Waals surface area contributed by atoms with Crippen LogP contribution in [0, 0.1) is 4.77 Å². The monoisotopic (exact) mass is 366 g/mol. The Bertz CT molecular complexity index is 787. The molecule has 0 fully saturated rings. The SMILES string of the molecule is CN(O)C(=O)NCCCNC(=O)Nc1cccc(-n2[nH]nnc2=S)c1. The first-order valence-electron chi connectivity index (χ1n) is 7.33. The molecule has 1 heterocycles. The van der Waals surface area contributed by atoms with Crippen molar-refractivity contribution in [2.45, 2.75) is 6.42 Å². The van der Waals surface area contributed by atoms with Crippen molar-refractivity contribution >= 4 is 30.0 Å². The van der Waals surface area contributed by atoms with Gasteiger partial charge in [-0.05, 0) is 36.8 Å². The Morgan fingerprint density at radius 2 is 2.12 bits per heavy atom. The second-order valence-corrected chi connectivity index (χ2v) is 5.32. The van der Waals surface area contributed by atoms with Gasteiger partial charge in [0.25, 0.3) is 0 Å². The number of nitrogens with zero attached hydrogens (tertiary/aromatic N) is 4. The molecule has 0 saturated heterocycles. The zero-order valence-corrected chi connectivity index (χ0v) is 14.2. The van der Waals surface area contributed by atoms with Gasteiger partial charge in [-0.3, -0.25) is 5.21 Å². The average Bonchev–Trinajstić information content (AvgIpc) is 3.00. The number of tetrazole rings is 1. The van der Waals surface area contributed by atoms with Crippen molar-refractivity contribution in [3.63, 3.8) is 0 Å². The van der Waals surface area contributed by atoms with E-state index < -0.39 is 6.03 Å². The lowest BCUT2D eigenvalue weighted by molar-refractivity contribution is -0.0182. The maximum absolute atomic E-state index is 11.9. The van der Waals surface area contributed by atoms with Crippen LogP contribution in [0.2, 0.25) is 0 Å². The van der Waals surface area contributed by atoms with E-state index in [0.717, 1.165) is 0 Å². The topological polar surface area (TPSA) is 140 Å². The molecular weight excluding hydrogens is 348 g/mol. The van der Waals surface area contributed by atoms with Crippen molar-refractivity contribution in [2.75, 3.05) is 25.5 Å². The molecule has 25 heavy (non-hydrogen) atoms. The molecule has 0 aliphatic rings. The van der Waals surface area contributed by atoms with Gasteiger partial charge in [0.1, 0.15) is 0 Å². The first-order valence-corrected chi connectivity index (χ1v) is 7.74. The van der Waals surface area contributed by atoms with Gasteiger partial charge in [-0.15, -0.1) is 0 Å². The Labute approximate surface area is 148 Å². The highest BCUT2D eigenvalue weighted by atomic mass is 32.1. The number of amides is 4. The molecular formula is C13H18N8O3S. The molecule has 0 radical (unpaired) electrons. The molecule has 1 aromatic heterocycles. The Morgan fingerprint density at radius 1 is 1.36 bits per heavy atom. The van der Waals surface area contributed by atoms with Crippen LogP contribution in [0.15, 0.2) is 24.3 Å². The molecule has 0 bridgehead atoms. The second-order valence-electron chi connectivity index (χ2n) is 4.96. The van der Waals surface area contributed by atoms with Crippen molar-refractivity contribution in [3.8, 4) is 5.69 Å². The summed E-state index contributed by atoms with van der Waals surface area (Å²) in [6.07, 6.45) is 0.516. The van der Waals surface area contributed by atoms with Crippen LogP contribution in [0.3, 0.4) is 0 Å². The van der Waals surface area contributed by atoms with Crippen LogP contribution in [-0.4, -0.2) is 62.7 Å². The number of rotatable bonds is 6. The molecule has 0 atom stereocenters. The third kappa shape index (κ3) is 5.54. The van der Waals surface area contributed by atoms with E-state index in [1.54, 1.807) is 24.3 Å². The number of anilines is 1. The van der Waals surface area contributed by atoms with Gasteiger partial charge in [0.05, 0.1) is 5.69 Å². The minimum absolute atomic E-state index is 0.275. The Balaban J connectivity index is 1.78. The molecule has 134 valence electrons. The summed E-state index contributed by atoms with van der Waals surface area (Å²) in [7, 11) is 1.22. The number of carbonyl (C=O) groups excluding carboxylic acids is 2. The molecule has 2 rings (SSSR count). The molecule has 1 aromatic carbocycles. The summed E-state index contributed by atoms with van der Waals surface area (Å²) < 4.78 is 1.77. The van der Waals surface area contributed by atoms with E-state index in [1.807, 2.05) is 0 Å². The molecule has 11 nitrogen and oxygen atoms in total. The fourth-order valence-corrected chi connectivity index (χ4v) is 2.05. The molecule has 4 amide bonds. The van der Waals surface area contributed by atoms with Gasteiger partial charge in [0.15, 0.2) is 0 Å². The molecule has 0 unspecified atom stereocenters. The first-order chi connectivity index (χ1) is 12.0. The number of hydroxylamine groups is 2. The van der Waals surface area contributed by atoms with Crippen LogP contribution in [0.25, 0.3) is 5.69 Å². The smallest absolute Gasteiger partial charge is 0.338 e. The van der Waals surface area contributed by atoms with Crippen LogP contribution in [0.5, 0.6) is 0 Å². The third-order valence-electron chi connectivity index (χ3n) is 3.04. The van der Waals surface area contributed by atoms with Gasteiger partial charge >= 0.3 is 12.1 Å². The molecule has 0 spiro atoms. The third-order valence-corrected chi connectivity index (χ3v) is 3.31. The van der Waals surface area contributed by atoms with Crippen molar-refractivity contribution in [3.05, 3.63) is 29.0 Å². The van der Waals surface area contributed by atoms with Gasteiger partial charge in [-0.25, -0.2) is 19.3 Å². The molecule has 0 aliphatic heterocycles. The van der Waals surface area contributed by atoms with E-state index in [1.165, 1.54) is 11.7 Å². The highest BCUT2D eigenvalue weighted by Gasteiger charge is 2.05. The summed E-state index contributed by atoms with van der Waals surface area (Å²) in [6, 6.07) is 6.01. The number of H-pyrrole nitrogens is 1. The number of benzene rings is 1. The Morgan fingerprint density at radius 3 is 2.80 bits per heavy atom. The van der Waals surface area contributed by atoms with Crippen LogP contribution in [0.1, 0.15) is 6.42 Å². The van der Waals surface area contributed by atoms with Gasteiger partial charge in [0, 0.05) is 25.8 Å². The predicted octanol–water partition coefficient (Wildman–Crippen LogP) is 0.867. The fourth-order valence-electron chi connectivity index (χ4n) is 1.86. The van der Waals surface area contributed by atoms with Crippen LogP contribution in [0.4, 0.5) is 15.3 Å². The lowest BCUT2D eigenvalue weighted by Crippen LogP contribution is -2.37. The number of urea groups is 2. The van der Waals surface area contributed by atoms with Gasteiger partial charge in [-0.2, -0.15) is 5.21 Å². The summed E-state index contributed by atoms with van der Waals surface area (Å²) in [5.74, 6) is 0. The fraction of sp³-hybridized carbons (Fsp3) is 0.308. The van der Waals surface area contributed by atoms with Gasteiger partial charge in [0.2, 0.25) is 4.77 Å². The van der Waals surface area contributed by atoms with E-state index in [0.29, 0.717) is 35.9 Å². The molecule has 12 heteroatoms. The molecule has 2 aromatic rings. The standard InChI is InChI=1S/C13H18N8O3S/c1-20(24)12(23)15-7-3-6-14-11(22)16-9-4-2-5-10(8-9)21-13(25)17-18-19-21/h2,4-5,8,24H,3,6-7H2,1H3,(H,15,23)(H2,14,16,22)(H,17,19,25). The molecule has 0 aliphatic carbocycles. The van der Waals surface area contributed by atoms with E-state index in [2.05, 4.69) is 31.5 Å². The summed E-state index contributed by atoms with van der Waals surface area (Å²) in [4.78, 5) is 22.9. The number of aromatic amines is 1. The predicted molar refractivity (Wildman–Crippen MR) is 91.1 cm³/mol. The van der Waals surface area contributed by atoms with Crippen LogP contribution < -0.4 is 16.0 Å². The van der Waals surface area contributed by atoms with E-state index in [-0.39, 0.29) is 10.8 Å². The number of hydrogen-bond acceptors (Lipinski definition) is 6. The van der Waals surface area contributed by atoms with E-state index >= 15 is 0 Å². The molecule has 0 saturated carbocycles. The minimum Gasteiger partial charge on any atom is -0.338 e. The average molecular weight is 366 g/mol. The number of nitrogens with one attached hydrogen (secondary N) is 4. The van der Waals surface area contributed by atoms with E-state index in [9.17, 15) is 9.59 Å². The lowest BCUT2D eigenvalue weighted by atomic mass is 10.3. The molecule has 5 N–H and O–H groups in total. The summed E-state index contributed by atoms with van der Waals surface area (Å²) in [5.41, 5.74) is 1.25. The maximum Gasteiger partial charge on any atom is 0.340 e. The Hall–Kier alpha value is -2.99. The van der Waals surface area contributed by atoms with Crippen molar-refractivity contribution < 1.29 is 14.8 Å². The minimum atomic E-state index is -0.604. The van der Waals surface area contributed by atoms with Crippen molar-refractivity contribution in [2.24, 2.45) is 0 Å². The highest BCUT2D eigenvalue weighted by molar-refractivity contribution is 7.71. The summed E-state index contributed by atoms with van der Waals surface area (Å²) in [6.45, 7) is 0.682. The zero-order valence-electron chi connectivity index (χ0n) is 13.4. The summed E-state index contributed by atoms with van der Waals surface area (Å²) >= 11 is 5.02. The van der Waals surface area contributed by atoms with Crippen LogP contribution in [-0.2, 0) is 0 Å². The maximum atomic E-state index is 11.9. The van der Waals surface area contributed by atoms with Crippen molar-refractivity contribution in [1.29, 1.82) is 0 Å².